The molecule has 1 fully saturated rings. The van der Waals surface area contributed by atoms with Crippen LogP contribution in [-0.4, -0.2) is 25.9 Å². The molecule has 1 spiro atoms. The van der Waals surface area contributed by atoms with Crippen LogP contribution in [0.25, 0.3) is 32.3 Å². The third-order valence-corrected chi connectivity index (χ3v) is 12.0. The standard InChI is InChI=1S/C46H46N2O2/c1-26-14-12-16-35-37-24-32-25-38(36-17-13-15-27(2)40(36)41(32)39(26)35)45(50)48(8)43-30(5)22-34(23-31(43)6)46(18-10-9-11-19-46)33-20-28(3)42(29(4)21-33)47(7)44(37)49/h12-17,20-25H,9-11,18-19H2,1-8H3. The van der Waals surface area contributed by atoms with Crippen molar-refractivity contribution in [3.8, 4) is 0 Å². The fraction of sp³-hybridized carbons (Fsp3) is 0.304. The van der Waals surface area contributed by atoms with Gasteiger partial charge >= 0.3 is 0 Å². The van der Waals surface area contributed by atoms with Gasteiger partial charge < -0.3 is 9.80 Å². The van der Waals surface area contributed by atoms with Gasteiger partial charge in [-0.15, -0.1) is 0 Å². The SMILES string of the molecule is Cc1cc2cc(C)c1N(C)C(=O)c1cc3cc(c4cccc(C)c4c3c3c(C)cccc13)C(=O)N(C)c1c(C)cc(cc1C)C21CCCCC1. The first-order valence-electron chi connectivity index (χ1n) is 18.1. The molecule has 1 saturated carbocycles. The van der Waals surface area contributed by atoms with Crippen molar-refractivity contribution >= 4 is 55.5 Å². The van der Waals surface area contributed by atoms with Crippen LogP contribution in [0.5, 0.6) is 0 Å². The lowest BCUT2D eigenvalue weighted by molar-refractivity contribution is 0.0987. The Bertz CT molecular complexity index is 2240. The zero-order valence-corrected chi connectivity index (χ0v) is 30.7. The number of hydrogen-bond donors (Lipinski definition) is 0. The highest BCUT2D eigenvalue weighted by Gasteiger charge is 2.38. The number of benzene rings is 6. The number of fused-ring (bicyclic) bond motifs is 6. The van der Waals surface area contributed by atoms with E-state index in [1.807, 2.05) is 48.2 Å². The third-order valence-electron chi connectivity index (χ3n) is 12.0. The van der Waals surface area contributed by atoms with Crippen molar-refractivity contribution in [2.45, 2.75) is 79.1 Å². The Labute approximate surface area is 295 Å². The minimum absolute atomic E-state index is 0.0501. The lowest BCUT2D eigenvalue weighted by Crippen LogP contribution is -2.33. The number of anilines is 2. The fourth-order valence-corrected chi connectivity index (χ4v) is 9.85. The molecule has 0 saturated heterocycles. The molecule has 10 rings (SSSR count). The second-order valence-electron chi connectivity index (χ2n) is 15.2. The molecule has 252 valence electrons. The first-order valence-corrected chi connectivity index (χ1v) is 18.1. The second kappa shape index (κ2) is 11.6. The molecule has 0 atom stereocenters. The van der Waals surface area contributed by atoms with Crippen molar-refractivity contribution in [3.63, 3.8) is 0 Å². The molecule has 3 aliphatic heterocycles. The summed E-state index contributed by atoms with van der Waals surface area (Å²) in [5.41, 5.74) is 12.4. The lowest BCUT2D eigenvalue weighted by atomic mass is 9.64. The molecule has 0 aromatic heterocycles. The van der Waals surface area contributed by atoms with Crippen molar-refractivity contribution in [1.29, 1.82) is 0 Å². The lowest BCUT2D eigenvalue weighted by Gasteiger charge is -2.40. The number of amides is 2. The molecule has 50 heavy (non-hydrogen) atoms. The summed E-state index contributed by atoms with van der Waals surface area (Å²) in [5, 5.41) is 5.98. The highest BCUT2D eigenvalue weighted by molar-refractivity contribution is 6.30. The van der Waals surface area contributed by atoms with Crippen LogP contribution in [0, 0.1) is 41.5 Å². The maximum absolute atomic E-state index is 14.8. The van der Waals surface area contributed by atoms with Crippen LogP contribution in [0.15, 0.2) is 72.8 Å². The number of rotatable bonds is 0. The average Bonchev–Trinajstić information content (AvgIpc) is 3.09. The van der Waals surface area contributed by atoms with Crippen LogP contribution < -0.4 is 9.80 Å². The smallest absolute Gasteiger partial charge is 0.258 e. The molecule has 6 aromatic carbocycles. The van der Waals surface area contributed by atoms with Crippen LogP contribution >= 0.6 is 0 Å². The molecule has 2 amide bonds. The van der Waals surface area contributed by atoms with Crippen molar-refractivity contribution in [1.82, 2.24) is 0 Å². The summed E-state index contributed by atoms with van der Waals surface area (Å²) in [6.45, 7) is 12.9. The van der Waals surface area contributed by atoms with Gasteiger partial charge in [-0.25, -0.2) is 0 Å². The van der Waals surface area contributed by atoms with E-state index in [1.165, 1.54) is 30.4 Å². The second-order valence-corrected chi connectivity index (χ2v) is 15.2. The number of carbonyl (C=O) groups excluding carboxylic acids is 2. The summed E-state index contributed by atoms with van der Waals surface area (Å²) < 4.78 is 0. The highest BCUT2D eigenvalue weighted by Crippen LogP contribution is 2.48. The van der Waals surface area contributed by atoms with Crippen LogP contribution in [0.3, 0.4) is 0 Å². The van der Waals surface area contributed by atoms with Crippen molar-refractivity contribution < 1.29 is 9.59 Å². The minimum Gasteiger partial charge on any atom is -0.311 e. The molecule has 0 radical (unpaired) electrons. The molecular formula is C46H46N2O2. The zero-order chi connectivity index (χ0) is 35.2. The van der Waals surface area contributed by atoms with Gasteiger partial charge in [-0.3, -0.25) is 9.59 Å². The van der Waals surface area contributed by atoms with Gasteiger partial charge in [-0.1, -0.05) is 79.9 Å². The highest BCUT2D eigenvalue weighted by atomic mass is 16.2. The molecule has 1 aliphatic carbocycles. The van der Waals surface area contributed by atoms with Crippen LogP contribution in [0.2, 0.25) is 0 Å². The zero-order valence-electron chi connectivity index (χ0n) is 30.7. The van der Waals surface area contributed by atoms with Gasteiger partial charge in [0.05, 0.1) is 0 Å². The Kier molecular flexibility index (Phi) is 7.45. The topological polar surface area (TPSA) is 40.6 Å². The van der Waals surface area contributed by atoms with Crippen LogP contribution in [0.4, 0.5) is 11.4 Å². The van der Waals surface area contributed by atoms with Gasteiger partial charge in [-0.2, -0.15) is 0 Å². The van der Waals surface area contributed by atoms with Gasteiger partial charge in [0.25, 0.3) is 11.8 Å². The maximum atomic E-state index is 14.8. The number of hydrogen-bond acceptors (Lipinski definition) is 2. The predicted molar refractivity (Wildman–Crippen MR) is 210 cm³/mol. The third kappa shape index (κ3) is 4.57. The maximum Gasteiger partial charge on any atom is 0.258 e. The van der Waals surface area contributed by atoms with E-state index in [0.717, 1.165) is 89.9 Å². The van der Waals surface area contributed by atoms with E-state index in [1.54, 1.807) is 0 Å². The van der Waals surface area contributed by atoms with E-state index < -0.39 is 0 Å². The van der Waals surface area contributed by atoms with Crippen molar-refractivity contribution in [2.24, 2.45) is 0 Å². The molecule has 7 bridgehead atoms. The molecule has 0 N–H and O–H groups in total. The Morgan fingerprint density at radius 1 is 0.500 bits per heavy atom. The van der Waals surface area contributed by atoms with E-state index in [2.05, 4.69) is 90.1 Å². The van der Waals surface area contributed by atoms with Gasteiger partial charge in [-0.05, 0) is 143 Å². The summed E-state index contributed by atoms with van der Waals surface area (Å²) in [6.07, 6.45) is 5.75. The first-order chi connectivity index (χ1) is 23.9. The Morgan fingerprint density at radius 2 is 0.900 bits per heavy atom. The van der Waals surface area contributed by atoms with Crippen molar-refractivity contribution in [2.75, 3.05) is 23.9 Å². The van der Waals surface area contributed by atoms with E-state index in [9.17, 15) is 9.59 Å². The van der Waals surface area contributed by atoms with E-state index in [4.69, 9.17) is 0 Å². The van der Waals surface area contributed by atoms with Gasteiger partial charge in [0.15, 0.2) is 0 Å². The van der Waals surface area contributed by atoms with Crippen LogP contribution in [0.1, 0.15) is 97.3 Å². The van der Waals surface area contributed by atoms with Gasteiger partial charge in [0.1, 0.15) is 0 Å². The average molecular weight is 659 g/mol. The van der Waals surface area contributed by atoms with Crippen LogP contribution in [-0.2, 0) is 5.41 Å². The Morgan fingerprint density at radius 3 is 1.30 bits per heavy atom. The number of carbonyl (C=O) groups is 2. The number of aryl methyl sites for hydroxylation is 6. The molecule has 6 aromatic rings. The molecule has 4 aliphatic rings. The monoisotopic (exact) mass is 658 g/mol. The summed E-state index contributed by atoms with van der Waals surface area (Å²) >= 11 is 0. The summed E-state index contributed by atoms with van der Waals surface area (Å²) in [7, 11) is 3.83. The van der Waals surface area contributed by atoms with Gasteiger partial charge in [0, 0.05) is 42.0 Å². The Balaban J connectivity index is 1.52. The minimum atomic E-state index is -0.127. The van der Waals surface area contributed by atoms with E-state index in [0.29, 0.717) is 11.1 Å². The van der Waals surface area contributed by atoms with Crippen molar-refractivity contribution in [3.05, 3.63) is 128 Å². The fourth-order valence-electron chi connectivity index (χ4n) is 9.85. The molecule has 3 heterocycles. The summed E-state index contributed by atoms with van der Waals surface area (Å²) in [5.74, 6) is -0.100. The Hall–Kier alpha value is -4.96. The molecule has 4 heteroatoms. The van der Waals surface area contributed by atoms with E-state index in [-0.39, 0.29) is 17.2 Å². The first kappa shape index (κ1) is 32.3. The largest absolute Gasteiger partial charge is 0.311 e. The molecule has 4 nitrogen and oxygen atoms in total. The summed E-state index contributed by atoms with van der Waals surface area (Å²) in [4.78, 5) is 33.4. The molecular weight excluding hydrogens is 613 g/mol. The predicted octanol–water partition coefficient (Wildman–Crippen LogP) is 11.1. The van der Waals surface area contributed by atoms with Gasteiger partial charge in [0.2, 0.25) is 0 Å². The quantitative estimate of drug-likeness (QED) is 0.152. The summed E-state index contributed by atoms with van der Waals surface area (Å²) in [6, 6.07) is 25.9. The number of nitrogens with zero attached hydrogens (tertiary/aromatic N) is 2. The normalized spacial score (nSPS) is 16.2. The molecule has 0 unspecified atom stereocenters. The van der Waals surface area contributed by atoms with E-state index >= 15 is 0 Å².